The molecule has 0 radical (unpaired) electrons. The zero-order valence-corrected chi connectivity index (χ0v) is 23.6. The molecule has 0 aromatic heterocycles. The number of aliphatic hydroxyl groups excluding tert-OH is 1. The summed E-state index contributed by atoms with van der Waals surface area (Å²) in [7, 11) is 0. The predicted octanol–water partition coefficient (Wildman–Crippen LogP) is 2.12. The van der Waals surface area contributed by atoms with Crippen molar-refractivity contribution in [1.82, 2.24) is 0 Å². The SMILES string of the molecule is OCCOCCOCCOCCOCCOCCOCCOCCOCCOCCCCCCI. The van der Waals surface area contributed by atoms with E-state index in [2.05, 4.69) is 22.6 Å². The summed E-state index contributed by atoms with van der Waals surface area (Å²) in [6, 6.07) is 0. The molecule has 0 unspecified atom stereocenters. The Morgan fingerprint density at radius 2 is 0.571 bits per heavy atom. The van der Waals surface area contributed by atoms with E-state index in [1.165, 1.54) is 23.7 Å². The zero-order valence-electron chi connectivity index (χ0n) is 21.5. The highest BCUT2D eigenvalue weighted by Crippen LogP contribution is 2.02. The van der Waals surface area contributed by atoms with Crippen LogP contribution in [0, 0.1) is 0 Å². The molecule has 0 aromatic rings. The molecule has 0 aromatic carbocycles. The number of hydrogen-bond acceptors (Lipinski definition) is 10. The van der Waals surface area contributed by atoms with Gasteiger partial charge in [-0.15, -0.1) is 0 Å². The number of ether oxygens (including phenoxy) is 9. The molecule has 0 heterocycles. The highest BCUT2D eigenvalue weighted by molar-refractivity contribution is 14.1. The van der Waals surface area contributed by atoms with Gasteiger partial charge in [-0.25, -0.2) is 0 Å². The van der Waals surface area contributed by atoms with Crippen LogP contribution in [-0.4, -0.2) is 135 Å². The summed E-state index contributed by atoms with van der Waals surface area (Å²) in [6.07, 6.45) is 4.99. The van der Waals surface area contributed by atoms with Gasteiger partial charge in [-0.05, 0) is 17.3 Å². The van der Waals surface area contributed by atoms with Gasteiger partial charge in [-0.2, -0.15) is 0 Å². The summed E-state index contributed by atoms with van der Waals surface area (Å²) >= 11 is 2.42. The summed E-state index contributed by atoms with van der Waals surface area (Å²) in [4.78, 5) is 0. The van der Waals surface area contributed by atoms with E-state index in [0.717, 1.165) is 13.0 Å². The van der Waals surface area contributed by atoms with E-state index >= 15 is 0 Å². The fraction of sp³-hybridized carbons (Fsp3) is 1.00. The lowest BCUT2D eigenvalue weighted by Gasteiger charge is -2.09. The monoisotopic (exact) mass is 624 g/mol. The summed E-state index contributed by atoms with van der Waals surface area (Å²) < 4.78 is 49.8. The predicted molar refractivity (Wildman–Crippen MR) is 142 cm³/mol. The first kappa shape index (κ1) is 35.3. The fourth-order valence-electron chi connectivity index (χ4n) is 2.58. The molecule has 0 saturated heterocycles. The lowest BCUT2D eigenvalue weighted by Crippen LogP contribution is -2.15. The lowest BCUT2D eigenvalue weighted by atomic mass is 10.2. The van der Waals surface area contributed by atoms with E-state index in [4.69, 9.17) is 47.7 Å². The van der Waals surface area contributed by atoms with Crippen LogP contribution in [-0.2, 0) is 42.6 Å². The first-order valence-electron chi connectivity index (χ1n) is 12.8. The molecule has 10 nitrogen and oxygen atoms in total. The van der Waals surface area contributed by atoms with Crippen LogP contribution in [0.15, 0.2) is 0 Å². The number of aliphatic hydroxyl groups is 1. The van der Waals surface area contributed by atoms with Crippen molar-refractivity contribution in [2.75, 3.05) is 130 Å². The fourth-order valence-corrected chi connectivity index (χ4v) is 3.12. The molecule has 35 heavy (non-hydrogen) atoms. The Kier molecular flexibility index (Phi) is 34.7. The van der Waals surface area contributed by atoms with Gasteiger partial charge in [-0.3, -0.25) is 0 Å². The first-order valence-corrected chi connectivity index (χ1v) is 14.3. The third-order valence-electron chi connectivity index (χ3n) is 4.38. The standard InChI is InChI=1S/C24H49IO10/c25-5-3-1-2-4-7-27-9-11-29-13-15-31-17-19-33-21-23-35-24-22-34-20-18-32-16-14-30-12-10-28-8-6-26/h26H,1-24H2. The van der Waals surface area contributed by atoms with Gasteiger partial charge in [0.25, 0.3) is 0 Å². The lowest BCUT2D eigenvalue weighted by molar-refractivity contribution is -0.0255. The minimum absolute atomic E-state index is 0.0323. The Hall–Kier alpha value is 0.330. The second-order valence-electron chi connectivity index (χ2n) is 7.34. The van der Waals surface area contributed by atoms with Crippen molar-refractivity contribution >= 4 is 22.6 Å². The Balaban J connectivity index is 3.00. The number of hydrogen-bond donors (Lipinski definition) is 1. The van der Waals surface area contributed by atoms with Crippen molar-refractivity contribution in [2.24, 2.45) is 0 Å². The normalized spacial score (nSPS) is 11.5. The van der Waals surface area contributed by atoms with Crippen molar-refractivity contribution < 1.29 is 47.7 Å². The molecule has 1 N–H and O–H groups in total. The van der Waals surface area contributed by atoms with Gasteiger partial charge in [0.05, 0.1) is 119 Å². The Labute approximate surface area is 225 Å². The van der Waals surface area contributed by atoms with E-state index in [1.807, 2.05) is 0 Å². The van der Waals surface area contributed by atoms with Gasteiger partial charge < -0.3 is 47.7 Å². The van der Waals surface area contributed by atoms with Crippen LogP contribution >= 0.6 is 22.6 Å². The van der Waals surface area contributed by atoms with Gasteiger partial charge in [0.2, 0.25) is 0 Å². The molecule has 0 bridgehead atoms. The number of unbranched alkanes of at least 4 members (excludes halogenated alkanes) is 3. The van der Waals surface area contributed by atoms with Gasteiger partial charge in [0.15, 0.2) is 0 Å². The van der Waals surface area contributed by atoms with Crippen LogP contribution < -0.4 is 0 Å². The van der Waals surface area contributed by atoms with Crippen LogP contribution in [0.3, 0.4) is 0 Å². The molecule has 0 fully saturated rings. The highest BCUT2D eigenvalue weighted by Gasteiger charge is 1.96. The average Bonchev–Trinajstić information content (AvgIpc) is 2.87. The van der Waals surface area contributed by atoms with Crippen molar-refractivity contribution in [1.29, 1.82) is 0 Å². The second-order valence-corrected chi connectivity index (χ2v) is 8.42. The van der Waals surface area contributed by atoms with Crippen LogP contribution in [0.5, 0.6) is 0 Å². The number of halogens is 1. The Morgan fingerprint density at radius 1 is 0.314 bits per heavy atom. The molecule has 0 aliphatic rings. The van der Waals surface area contributed by atoms with E-state index < -0.39 is 0 Å². The topological polar surface area (TPSA) is 103 Å². The second kappa shape index (κ2) is 34.3. The third-order valence-corrected chi connectivity index (χ3v) is 5.15. The van der Waals surface area contributed by atoms with Crippen LogP contribution in [0.4, 0.5) is 0 Å². The van der Waals surface area contributed by atoms with Gasteiger partial charge in [0, 0.05) is 6.61 Å². The van der Waals surface area contributed by atoms with Crippen molar-refractivity contribution in [2.45, 2.75) is 25.7 Å². The largest absolute Gasteiger partial charge is 0.394 e. The maximum Gasteiger partial charge on any atom is 0.0701 e. The van der Waals surface area contributed by atoms with E-state index in [-0.39, 0.29) is 6.61 Å². The average molecular weight is 625 g/mol. The molecule has 0 rings (SSSR count). The molecule has 0 aliphatic carbocycles. The molecule has 11 heteroatoms. The minimum Gasteiger partial charge on any atom is -0.394 e. The Morgan fingerprint density at radius 3 is 0.857 bits per heavy atom. The summed E-state index contributed by atoms with van der Waals surface area (Å²) in [5, 5.41) is 8.55. The minimum atomic E-state index is 0.0323. The number of rotatable bonds is 32. The summed E-state index contributed by atoms with van der Waals surface area (Å²) in [5.74, 6) is 0. The molecule has 0 atom stereocenters. The molecule has 0 amide bonds. The molecule has 212 valence electrons. The van der Waals surface area contributed by atoms with E-state index in [9.17, 15) is 0 Å². The Bertz CT molecular complexity index is 337. The summed E-state index contributed by atoms with van der Waals surface area (Å²) in [6.45, 7) is 9.83. The maximum absolute atomic E-state index is 8.55. The van der Waals surface area contributed by atoms with Crippen LogP contribution in [0.2, 0.25) is 0 Å². The van der Waals surface area contributed by atoms with Crippen molar-refractivity contribution in [3.05, 3.63) is 0 Å². The first-order chi connectivity index (χ1) is 17.4. The summed E-state index contributed by atoms with van der Waals surface area (Å²) in [5.41, 5.74) is 0. The van der Waals surface area contributed by atoms with Gasteiger partial charge in [-0.1, -0.05) is 35.4 Å². The quantitative estimate of drug-likeness (QED) is 0.0681. The van der Waals surface area contributed by atoms with Gasteiger partial charge >= 0.3 is 0 Å². The van der Waals surface area contributed by atoms with E-state index in [1.54, 1.807) is 0 Å². The van der Waals surface area contributed by atoms with Crippen LogP contribution in [0.25, 0.3) is 0 Å². The molecular formula is C24H49IO10. The van der Waals surface area contributed by atoms with Crippen LogP contribution in [0.1, 0.15) is 25.7 Å². The van der Waals surface area contributed by atoms with Crippen molar-refractivity contribution in [3.8, 4) is 0 Å². The molecular weight excluding hydrogens is 575 g/mol. The number of alkyl halides is 1. The zero-order chi connectivity index (χ0) is 25.3. The van der Waals surface area contributed by atoms with E-state index in [0.29, 0.717) is 112 Å². The molecule has 0 aliphatic heterocycles. The third kappa shape index (κ3) is 34.3. The molecule has 0 spiro atoms. The maximum atomic E-state index is 8.55. The van der Waals surface area contributed by atoms with Crippen molar-refractivity contribution in [3.63, 3.8) is 0 Å². The highest BCUT2D eigenvalue weighted by atomic mass is 127. The van der Waals surface area contributed by atoms with Gasteiger partial charge in [0.1, 0.15) is 0 Å². The smallest absolute Gasteiger partial charge is 0.0701 e. The molecule has 0 saturated carbocycles.